The zero-order valence-electron chi connectivity index (χ0n) is 9.76. The first-order valence-corrected chi connectivity index (χ1v) is 7.03. The number of hydrogen-bond acceptors (Lipinski definition) is 3. The molecular weight excluding hydrogens is 384 g/mol. The molecule has 0 atom stereocenters. The van der Waals surface area contributed by atoms with Gasteiger partial charge in [0.05, 0.1) is 22.1 Å². The van der Waals surface area contributed by atoms with E-state index in [9.17, 15) is 0 Å². The van der Waals surface area contributed by atoms with Crippen molar-refractivity contribution in [2.24, 2.45) is 0 Å². The second kappa shape index (κ2) is 5.59. The highest BCUT2D eigenvalue weighted by molar-refractivity contribution is 14.1. The molecule has 1 heterocycles. The molecule has 0 unspecified atom stereocenters. The lowest BCUT2D eigenvalue weighted by molar-refractivity contribution is 1.05. The lowest BCUT2D eigenvalue weighted by atomic mass is 10.3. The average Bonchev–Trinajstić information content (AvgIpc) is 2.29. The van der Waals surface area contributed by atoms with Crippen LogP contribution in [0.25, 0.3) is 0 Å². The smallest absolute Gasteiger partial charge is 0.172 e. The van der Waals surface area contributed by atoms with Crippen molar-refractivity contribution < 1.29 is 0 Å². The van der Waals surface area contributed by atoms with Crippen LogP contribution < -0.4 is 5.32 Å². The van der Waals surface area contributed by atoms with E-state index < -0.39 is 0 Å². The van der Waals surface area contributed by atoms with Crippen LogP contribution in [0.4, 0.5) is 11.5 Å². The highest BCUT2D eigenvalue weighted by Gasteiger charge is 2.09. The molecule has 0 aliphatic heterocycles. The van der Waals surface area contributed by atoms with Crippen molar-refractivity contribution in [2.75, 3.05) is 5.32 Å². The van der Waals surface area contributed by atoms with Crippen LogP contribution in [0.3, 0.4) is 0 Å². The molecule has 0 amide bonds. The van der Waals surface area contributed by atoms with E-state index in [1.54, 1.807) is 0 Å². The Labute approximate surface area is 129 Å². The maximum absolute atomic E-state index is 6.14. The van der Waals surface area contributed by atoms with Gasteiger partial charge in [-0.25, -0.2) is 9.97 Å². The van der Waals surface area contributed by atoms with E-state index in [-0.39, 0.29) is 0 Å². The number of anilines is 2. The van der Waals surface area contributed by atoms with Crippen molar-refractivity contribution in [3.63, 3.8) is 0 Å². The number of nitrogens with zero attached hydrogens (tertiary/aromatic N) is 2. The average molecular weight is 394 g/mol. The van der Waals surface area contributed by atoms with Crippen molar-refractivity contribution in [3.05, 3.63) is 43.3 Å². The number of nitrogens with one attached hydrogen (secondary N) is 1. The molecule has 18 heavy (non-hydrogen) atoms. The van der Waals surface area contributed by atoms with Gasteiger partial charge in [0.1, 0.15) is 0 Å². The van der Waals surface area contributed by atoms with Crippen molar-refractivity contribution in [3.8, 4) is 0 Å². The molecule has 0 saturated heterocycles. The van der Waals surface area contributed by atoms with Gasteiger partial charge < -0.3 is 5.32 Å². The van der Waals surface area contributed by atoms with Crippen molar-refractivity contribution >= 4 is 57.3 Å². The summed E-state index contributed by atoms with van der Waals surface area (Å²) in [7, 11) is 0. The first-order valence-electron chi connectivity index (χ1n) is 5.20. The monoisotopic (exact) mass is 393 g/mol. The first-order chi connectivity index (χ1) is 8.47. The van der Waals surface area contributed by atoms with E-state index in [4.69, 9.17) is 23.2 Å². The van der Waals surface area contributed by atoms with Crippen LogP contribution in [0, 0.1) is 17.4 Å². The molecule has 0 aliphatic carbocycles. The minimum atomic E-state index is 0.340. The van der Waals surface area contributed by atoms with E-state index in [1.807, 2.05) is 32.0 Å². The van der Waals surface area contributed by atoms with Gasteiger partial charge in [-0.05, 0) is 54.6 Å². The molecule has 1 aromatic carbocycles. The summed E-state index contributed by atoms with van der Waals surface area (Å²) in [5.41, 5.74) is 2.42. The third-order valence-electron chi connectivity index (χ3n) is 2.45. The summed E-state index contributed by atoms with van der Waals surface area (Å²) in [6, 6.07) is 5.71. The predicted octanol–water partition coefficient (Wildman–Crippen LogP) is 4.75. The fourth-order valence-electron chi connectivity index (χ4n) is 1.37. The number of benzene rings is 1. The number of rotatable bonds is 2. The third-order valence-corrected chi connectivity index (χ3v) is 3.70. The van der Waals surface area contributed by atoms with E-state index in [0.717, 1.165) is 20.6 Å². The van der Waals surface area contributed by atoms with Gasteiger partial charge in [0.25, 0.3) is 0 Å². The Morgan fingerprint density at radius 2 is 1.78 bits per heavy atom. The van der Waals surface area contributed by atoms with Gasteiger partial charge in [0.15, 0.2) is 11.0 Å². The number of aryl methyl sites for hydroxylation is 2. The Hall–Kier alpha value is -0.590. The zero-order chi connectivity index (χ0) is 13.3. The van der Waals surface area contributed by atoms with Crippen LogP contribution in [-0.4, -0.2) is 9.97 Å². The Balaban J connectivity index is 2.37. The van der Waals surface area contributed by atoms with Gasteiger partial charge in [-0.15, -0.1) is 0 Å². The molecule has 0 aliphatic rings. The standard InChI is InChI=1S/C12H10Cl2IN3/c1-6-7(2)17-12(11(14)16-6)18-10-4-3-8(15)5-9(10)13/h3-5H,1-2H3,(H,17,18). The maximum atomic E-state index is 6.14. The van der Waals surface area contributed by atoms with Crippen molar-refractivity contribution in [1.82, 2.24) is 9.97 Å². The van der Waals surface area contributed by atoms with Crippen LogP contribution in [-0.2, 0) is 0 Å². The highest BCUT2D eigenvalue weighted by Crippen LogP contribution is 2.29. The third kappa shape index (κ3) is 3.05. The molecule has 0 radical (unpaired) electrons. The van der Waals surface area contributed by atoms with Gasteiger partial charge >= 0.3 is 0 Å². The normalized spacial score (nSPS) is 10.5. The SMILES string of the molecule is Cc1nc(Cl)c(Nc2ccc(I)cc2Cl)nc1C. The molecule has 6 heteroatoms. The predicted molar refractivity (Wildman–Crippen MR) is 84.0 cm³/mol. The van der Waals surface area contributed by atoms with Crippen molar-refractivity contribution in [2.45, 2.75) is 13.8 Å². The summed E-state index contributed by atoms with van der Waals surface area (Å²) < 4.78 is 1.07. The molecule has 0 fully saturated rings. The number of halogens is 3. The molecule has 2 rings (SSSR count). The fraction of sp³-hybridized carbons (Fsp3) is 0.167. The highest BCUT2D eigenvalue weighted by atomic mass is 127. The van der Waals surface area contributed by atoms with Gasteiger partial charge in [-0.1, -0.05) is 23.2 Å². The number of hydrogen-bond donors (Lipinski definition) is 1. The molecule has 0 spiro atoms. The summed E-state index contributed by atoms with van der Waals surface area (Å²) in [6.07, 6.45) is 0. The minimum absolute atomic E-state index is 0.340. The zero-order valence-corrected chi connectivity index (χ0v) is 13.4. The second-order valence-electron chi connectivity index (χ2n) is 3.78. The Kier molecular flexibility index (Phi) is 4.29. The lowest BCUT2D eigenvalue weighted by Gasteiger charge is -2.10. The van der Waals surface area contributed by atoms with Gasteiger partial charge in [0.2, 0.25) is 0 Å². The maximum Gasteiger partial charge on any atom is 0.172 e. The van der Waals surface area contributed by atoms with Crippen molar-refractivity contribution in [1.29, 1.82) is 0 Å². The van der Waals surface area contributed by atoms with E-state index >= 15 is 0 Å². The Morgan fingerprint density at radius 1 is 1.11 bits per heavy atom. The second-order valence-corrected chi connectivity index (χ2v) is 5.79. The summed E-state index contributed by atoms with van der Waals surface area (Å²) in [5.74, 6) is 0.517. The molecule has 2 aromatic rings. The molecule has 94 valence electrons. The molecule has 3 nitrogen and oxygen atoms in total. The van der Waals surface area contributed by atoms with Gasteiger partial charge in [-0.3, -0.25) is 0 Å². The van der Waals surface area contributed by atoms with Gasteiger partial charge in [-0.2, -0.15) is 0 Å². The van der Waals surface area contributed by atoms with E-state index in [1.165, 1.54) is 0 Å². The molecule has 1 aromatic heterocycles. The largest absolute Gasteiger partial charge is 0.336 e. The van der Waals surface area contributed by atoms with Crippen LogP contribution in [0.1, 0.15) is 11.4 Å². The van der Waals surface area contributed by atoms with E-state index in [2.05, 4.69) is 37.9 Å². The van der Waals surface area contributed by atoms with Crippen LogP contribution in [0.5, 0.6) is 0 Å². The topological polar surface area (TPSA) is 37.8 Å². The summed E-state index contributed by atoms with van der Waals surface area (Å²) >= 11 is 14.4. The first kappa shape index (κ1) is 13.8. The van der Waals surface area contributed by atoms with Gasteiger partial charge in [0, 0.05) is 3.57 Å². The lowest BCUT2D eigenvalue weighted by Crippen LogP contribution is -2.01. The minimum Gasteiger partial charge on any atom is -0.336 e. The molecular formula is C12H10Cl2IN3. The summed E-state index contributed by atoms with van der Waals surface area (Å²) in [4.78, 5) is 8.58. The Morgan fingerprint density at radius 3 is 2.44 bits per heavy atom. The molecule has 0 bridgehead atoms. The number of aromatic nitrogens is 2. The Bertz CT molecular complexity index is 602. The fourth-order valence-corrected chi connectivity index (χ4v) is 2.49. The quantitative estimate of drug-likeness (QED) is 0.748. The van der Waals surface area contributed by atoms with Crippen LogP contribution >= 0.6 is 45.8 Å². The summed E-state index contributed by atoms with van der Waals surface area (Å²) in [5, 5.41) is 4.06. The summed E-state index contributed by atoms with van der Waals surface area (Å²) in [6.45, 7) is 3.76. The van der Waals surface area contributed by atoms with E-state index in [0.29, 0.717) is 16.0 Å². The van der Waals surface area contributed by atoms with Crippen LogP contribution in [0.15, 0.2) is 18.2 Å². The molecule has 0 saturated carbocycles. The molecule has 1 N–H and O–H groups in total. The van der Waals surface area contributed by atoms with Crippen LogP contribution in [0.2, 0.25) is 10.2 Å².